The molecule has 1 aliphatic rings. The van der Waals surface area contributed by atoms with E-state index < -0.39 is 36.7 Å². The third kappa shape index (κ3) is 2.13. The Hall–Kier alpha value is -1.53. The van der Waals surface area contributed by atoms with Crippen LogP contribution in [0.3, 0.4) is 0 Å². The summed E-state index contributed by atoms with van der Waals surface area (Å²) in [5.41, 5.74) is 5.07. The Labute approximate surface area is 125 Å². The summed E-state index contributed by atoms with van der Waals surface area (Å²) in [6.45, 7) is -0.463. The van der Waals surface area contributed by atoms with Gasteiger partial charge < -0.3 is 25.8 Å². The Morgan fingerprint density at radius 3 is 2.71 bits per heavy atom. The number of aromatic nitrogens is 4. The number of nitrogens with two attached hydrogens (primary N) is 1. The second-order valence-corrected chi connectivity index (χ2v) is 5.31. The van der Waals surface area contributed by atoms with Crippen molar-refractivity contribution in [2.45, 2.75) is 24.5 Å². The number of H-pyrrole nitrogens is 1. The van der Waals surface area contributed by atoms with Crippen molar-refractivity contribution in [2.75, 3.05) is 12.3 Å². The minimum atomic E-state index is -1.32. The third-order valence-corrected chi connectivity index (χ3v) is 3.86. The molecule has 11 heteroatoms. The summed E-state index contributed by atoms with van der Waals surface area (Å²) >= 11 is 3.15. The van der Waals surface area contributed by atoms with Gasteiger partial charge in [0.05, 0.1) is 6.61 Å². The largest absolute Gasteiger partial charge is 0.394 e. The maximum Gasteiger partial charge on any atom is 0.280 e. The molecule has 1 saturated heterocycles. The molecule has 3 rings (SSSR count). The number of fused-ring (bicyclic) bond motifs is 1. The number of rotatable bonds is 2. The average molecular weight is 362 g/mol. The van der Waals surface area contributed by atoms with E-state index in [1.165, 1.54) is 4.57 Å². The van der Waals surface area contributed by atoms with Crippen LogP contribution in [0.4, 0.5) is 5.95 Å². The predicted octanol–water partition coefficient (Wildman–Crippen LogP) is -1.92. The molecule has 114 valence electrons. The highest BCUT2D eigenvalue weighted by Crippen LogP contribution is 2.33. The van der Waals surface area contributed by atoms with Crippen LogP contribution in [0.5, 0.6) is 0 Å². The number of aliphatic hydroxyl groups excluding tert-OH is 3. The van der Waals surface area contributed by atoms with E-state index in [1.807, 2.05) is 0 Å². The summed E-state index contributed by atoms with van der Waals surface area (Å²) in [6.07, 6.45) is -4.61. The number of nitrogens with one attached hydrogen (secondary N) is 1. The monoisotopic (exact) mass is 361 g/mol. The van der Waals surface area contributed by atoms with E-state index in [2.05, 4.69) is 30.9 Å². The van der Waals surface area contributed by atoms with Gasteiger partial charge >= 0.3 is 0 Å². The van der Waals surface area contributed by atoms with Crippen molar-refractivity contribution in [3.05, 3.63) is 15.1 Å². The van der Waals surface area contributed by atoms with Crippen LogP contribution < -0.4 is 11.3 Å². The van der Waals surface area contributed by atoms with Crippen molar-refractivity contribution in [3.63, 3.8) is 0 Å². The topological polar surface area (TPSA) is 160 Å². The fourth-order valence-electron chi connectivity index (χ4n) is 2.29. The van der Waals surface area contributed by atoms with E-state index in [-0.39, 0.29) is 21.8 Å². The first-order valence-corrected chi connectivity index (χ1v) is 6.79. The van der Waals surface area contributed by atoms with Gasteiger partial charge in [-0.05, 0) is 15.9 Å². The molecule has 21 heavy (non-hydrogen) atoms. The first kappa shape index (κ1) is 14.4. The van der Waals surface area contributed by atoms with Crippen LogP contribution in [0, 0.1) is 0 Å². The molecule has 3 heterocycles. The number of imidazole rings is 1. The van der Waals surface area contributed by atoms with Gasteiger partial charge in [0.25, 0.3) is 5.56 Å². The van der Waals surface area contributed by atoms with Crippen LogP contribution >= 0.6 is 15.9 Å². The lowest BCUT2D eigenvalue weighted by atomic mass is 10.1. The minimum Gasteiger partial charge on any atom is -0.394 e. The van der Waals surface area contributed by atoms with Crippen molar-refractivity contribution in [2.24, 2.45) is 0 Å². The number of halogens is 1. The number of hydrogen-bond donors (Lipinski definition) is 5. The van der Waals surface area contributed by atoms with Crippen molar-refractivity contribution < 1.29 is 20.1 Å². The van der Waals surface area contributed by atoms with E-state index in [4.69, 9.17) is 15.6 Å². The van der Waals surface area contributed by atoms with Gasteiger partial charge in [-0.1, -0.05) is 0 Å². The molecule has 0 aromatic carbocycles. The first-order chi connectivity index (χ1) is 9.93. The highest BCUT2D eigenvalue weighted by molar-refractivity contribution is 9.10. The summed E-state index contributed by atoms with van der Waals surface area (Å²) in [4.78, 5) is 22.0. The van der Waals surface area contributed by atoms with Gasteiger partial charge in [-0.25, -0.2) is 4.98 Å². The van der Waals surface area contributed by atoms with E-state index in [1.54, 1.807) is 0 Å². The lowest BCUT2D eigenvalue weighted by molar-refractivity contribution is -0.0521. The maximum absolute atomic E-state index is 11.8. The molecule has 0 aliphatic carbocycles. The Morgan fingerprint density at radius 1 is 1.38 bits per heavy atom. The highest BCUT2D eigenvalue weighted by atomic mass is 79.9. The SMILES string of the molecule is Nc1nc2c(nc(Br)n2C2OC(CO)C(O)C2O)c(=O)[nH]1. The van der Waals surface area contributed by atoms with E-state index in [0.29, 0.717) is 0 Å². The van der Waals surface area contributed by atoms with E-state index >= 15 is 0 Å². The summed E-state index contributed by atoms with van der Waals surface area (Å²) in [7, 11) is 0. The van der Waals surface area contributed by atoms with Crippen LogP contribution in [0.25, 0.3) is 11.2 Å². The molecule has 4 unspecified atom stereocenters. The lowest BCUT2D eigenvalue weighted by Crippen LogP contribution is -2.33. The molecular weight excluding hydrogens is 350 g/mol. The smallest absolute Gasteiger partial charge is 0.280 e. The second-order valence-electron chi connectivity index (χ2n) is 4.60. The number of aliphatic hydroxyl groups is 3. The zero-order valence-electron chi connectivity index (χ0n) is 10.5. The molecule has 0 radical (unpaired) electrons. The number of nitrogens with zero attached hydrogens (tertiary/aromatic N) is 3. The molecule has 2 aromatic heterocycles. The molecule has 10 nitrogen and oxygen atoms in total. The van der Waals surface area contributed by atoms with Crippen LogP contribution in [0.15, 0.2) is 9.53 Å². The fourth-order valence-corrected chi connectivity index (χ4v) is 2.84. The number of nitrogen functional groups attached to an aromatic ring is 1. The second kappa shape index (κ2) is 5.03. The first-order valence-electron chi connectivity index (χ1n) is 5.99. The molecule has 6 N–H and O–H groups in total. The Balaban J connectivity index is 2.17. The number of hydrogen-bond acceptors (Lipinski definition) is 8. The van der Waals surface area contributed by atoms with Gasteiger partial charge in [-0.15, -0.1) is 0 Å². The zero-order chi connectivity index (χ0) is 15.3. The average Bonchev–Trinajstić information content (AvgIpc) is 2.89. The normalized spacial score (nSPS) is 29.3. The standard InChI is InChI=1S/C10H12BrN5O5/c11-9-13-3-6(14-10(12)15-7(3)20)16(9)8-5(19)4(18)2(1-17)21-8/h2,4-5,8,17-19H,1H2,(H3,12,14,15,20). The van der Waals surface area contributed by atoms with Crippen molar-refractivity contribution in [1.82, 2.24) is 19.5 Å². The van der Waals surface area contributed by atoms with E-state index in [0.717, 1.165) is 0 Å². The molecule has 0 saturated carbocycles. The fraction of sp³-hybridized carbons (Fsp3) is 0.500. The Kier molecular flexibility index (Phi) is 3.45. The van der Waals surface area contributed by atoms with Gasteiger partial charge in [0.15, 0.2) is 22.1 Å². The maximum atomic E-state index is 11.8. The minimum absolute atomic E-state index is 0.00816. The molecule has 0 bridgehead atoms. The van der Waals surface area contributed by atoms with Gasteiger partial charge in [-0.2, -0.15) is 4.98 Å². The van der Waals surface area contributed by atoms with Crippen LogP contribution in [0.2, 0.25) is 0 Å². The quantitative estimate of drug-likeness (QED) is 0.387. The number of anilines is 1. The molecule has 0 amide bonds. The number of ether oxygens (including phenoxy) is 1. The molecular formula is C10H12BrN5O5. The predicted molar refractivity (Wildman–Crippen MR) is 73.3 cm³/mol. The lowest BCUT2D eigenvalue weighted by Gasteiger charge is -2.17. The summed E-state index contributed by atoms with van der Waals surface area (Å²) in [6, 6.07) is 0. The summed E-state index contributed by atoms with van der Waals surface area (Å²) in [5.74, 6) is -0.118. The van der Waals surface area contributed by atoms with Crippen molar-refractivity contribution in [3.8, 4) is 0 Å². The van der Waals surface area contributed by atoms with Crippen LogP contribution in [-0.4, -0.2) is 59.8 Å². The highest BCUT2D eigenvalue weighted by Gasteiger charge is 2.44. The molecule has 1 aliphatic heterocycles. The molecule has 4 atom stereocenters. The van der Waals surface area contributed by atoms with Crippen molar-refractivity contribution >= 4 is 33.0 Å². The Bertz CT molecular complexity index is 745. The van der Waals surface area contributed by atoms with Crippen LogP contribution in [-0.2, 0) is 4.74 Å². The third-order valence-electron chi connectivity index (χ3n) is 3.30. The van der Waals surface area contributed by atoms with Crippen molar-refractivity contribution in [1.29, 1.82) is 0 Å². The summed E-state index contributed by atoms with van der Waals surface area (Å²) in [5, 5.41) is 29.0. The van der Waals surface area contributed by atoms with Crippen LogP contribution in [0.1, 0.15) is 6.23 Å². The molecule has 0 spiro atoms. The zero-order valence-corrected chi connectivity index (χ0v) is 12.1. The summed E-state index contributed by atoms with van der Waals surface area (Å²) < 4.78 is 6.87. The Morgan fingerprint density at radius 2 is 2.10 bits per heavy atom. The van der Waals surface area contributed by atoms with E-state index in [9.17, 15) is 15.0 Å². The van der Waals surface area contributed by atoms with Gasteiger partial charge in [0, 0.05) is 0 Å². The van der Waals surface area contributed by atoms with Gasteiger partial charge in [-0.3, -0.25) is 14.3 Å². The van der Waals surface area contributed by atoms with Gasteiger partial charge in [0.2, 0.25) is 5.95 Å². The number of aromatic amines is 1. The van der Waals surface area contributed by atoms with Gasteiger partial charge in [0.1, 0.15) is 18.3 Å². The molecule has 1 fully saturated rings. The molecule has 2 aromatic rings.